The molecule has 0 saturated carbocycles. The number of hydrogen-bond acceptors (Lipinski definition) is 6. The summed E-state index contributed by atoms with van der Waals surface area (Å²) >= 11 is 6.22. The highest BCUT2D eigenvalue weighted by Crippen LogP contribution is 2.23. The van der Waals surface area contributed by atoms with Gasteiger partial charge in [0, 0.05) is 17.5 Å². The fourth-order valence-corrected chi connectivity index (χ4v) is 2.42. The zero-order valence-electron chi connectivity index (χ0n) is 10.5. The van der Waals surface area contributed by atoms with Gasteiger partial charge in [0.15, 0.2) is 5.44 Å². The Bertz CT molecular complexity index is 275. The van der Waals surface area contributed by atoms with E-state index in [4.69, 9.17) is 21.7 Å². The van der Waals surface area contributed by atoms with Gasteiger partial charge in [-0.2, -0.15) is 0 Å². The average molecular weight is 278 g/mol. The maximum absolute atomic E-state index is 11.4. The number of esters is 2. The van der Waals surface area contributed by atoms with Crippen LogP contribution in [-0.4, -0.2) is 28.2 Å². The predicted octanol–water partition coefficient (Wildman–Crippen LogP) is 2.55. The van der Waals surface area contributed by atoms with Gasteiger partial charge in [0.2, 0.25) is 0 Å². The molecule has 0 aromatic carbocycles. The first-order valence-corrected chi connectivity index (χ1v) is 6.66. The molecule has 4 nitrogen and oxygen atoms in total. The molecule has 0 saturated heterocycles. The van der Waals surface area contributed by atoms with Gasteiger partial charge in [0.25, 0.3) is 0 Å². The van der Waals surface area contributed by atoms with Crippen molar-refractivity contribution in [2.24, 2.45) is 5.92 Å². The summed E-state index contributed by atoms with van der Waals surface area (Å²) in [7, 11) is 0. The number of rotatable bonds is 6. The van der Waals surface area contributed by atoms with Crippen molar-refractivity contribution in [3.05, 3.63) is 0 Å². The van der Waals surface area contributed by atoms with Crippen LogP contribution in [0.5, 0.6) is 0 Å². The molecule has 0 heterocycles. The third-order valence-corrected chi connectivity index (χ3v) is 3.00. The summed E-state index contributed by atoms with van der Waals surface area (Å²) in [5.41, 5.74) is -0.426. The van der Waals surface area contributed by atoms with Gasteiger partial charge in [-0.25, -0.2) is 0 Å². The van der Waals surface area contributed by atoms with Crippen LogP contribution in [0.2, 0.25) is 0 Å². The molecule has 0 rings (SSSR count). The molecule has 6 heteroatoms. The fraction of sp³-hybridized carbons (Fsp3) is 0.727. The lowest BCUT2D eigenvalue weighted by atomic mass is 10.1. The summed E-state index contributed by atoms with van der Waals surface area (Å²) in [5, 5.41) is 0. The minimum Gasteiger partial charge on any atom is -0.466 e. The zero-order valence-corrected chi connectivity index (χ0v) is 12.2. The largest absolute Gasteiger partial charge is 0.466 e. The Morgan fingerprint density at radius 3 is 2.35 bits per heavy atom. The van der Waals surface area contributed by atoms with Crippen LogP contribution in [0.25, 0.3) is 0 Å². The van der Waals surface area contributed by atoms with E-state index in [1.807, 2.05) is 0 Å². The zero-order chi connectivity index (χ0) is 13.4. The Morgan fingerprint density at radius 2 is 1.94 bits per heavy atom. The van der Waals surface area contributed by atoms with E-state index in [9.17, 15) is 9.59 Å². The maximum atomic E-state index is 11.4. The van der Waals surface area contributed by atoms with Crippen molar-refractivity contribution in [2.45, 2.75) is 39.6 Å². The molecule has 0 aliphatic heterocycles. The third-order valence-electron chi connectivity index (χ3n) is 1.83. The normalized spacial score (nSPS) is 13.6. The average Bonchev–Trinajstić information content (AvgIpc) is 2.15. The van der Waals surface area contributed by atoms with Gasteiger partial charge in [-0.1, -0.05) is 30.9 Å². The molecule has 0 radical (unpaired) electrons. The fourth-order valence-electron chi connectivity index (χ4n) is 1.16. The highest BCUT2D eigenvalue weighted by Gasteiger charge is 2.22. The summed E-state index contributed by atoms with van der Waals surface area (Å²) in [6.45, 7) is 6.94. The second-order valence-electron chi connectivity index (χ2n) is 3.54. The Labute approximate surface area is 111 Å². The van der Waals surface area contributed by atoms with Crippen LogP contribution >= 0.6 is 24.0 Å². The van der Waals surface area contributed by atoms with Gasteiger partial charge in [-0.05, 0) is 13.8 Å². The molecular weight excluding hydrogens is 260 g/mol. The molecular formula is C11H18O4S2. The monoisotopic (exact) mass is 278 g/mol. The van der Waals surface area contributed by atoms with Crippen molar-refractivity contribution in [2.75, 3.05) is 6.61 Å². The van der Waals surface area contributed by atoms with E-state index in [1.54, 1.807) is 20.8 Å². The number of hydrogen-bond donors (Lipinski definition) is 0. The Kier molecular flexibility index (Phi) is 8.16. The number of thioether (sulfide) groups is 1. The Hall–Kier alpha value is -0.620. The molecule has 2 unspecified atom stereocenters. The quantitative estimate of drug-likeness (QED) is 0.423. The molecule has 0 fully saturated rings. The van der Waals surface area contributed by atoms with Gasteiger partial charge in [0.1, 0.15) is 0 Å². The van der Waals surface area contributed by atoms with Crippen molar-refractivity contribution in [1.82, 2.24) is 0 Å². The molecule has 2 atom stereocenters. The standard InChI is InChI=1S/C11H18O4S2/c1-5-14-11(13)7(2)6-10(15-8(3)12)17-9(4)16/h7,10H,5-6H2,1-4H3. The Balaban J connectivity index is 4.35. The van der Waals surface area contributed by atoms with Gasteiger partial charge in [-0.15, -0.1) is 0 Å². The summed E-state index contributed by atoms with van der Waals surface area (Å²) < 4.78 is 10.7. The SMILES string of the molecule is CCOC(=O)C(C)CC(OC(C)=O)SC(C)=S. The second kappa shape index (κ2) is 8.47. The first-order chi connectivity index (χ1) is 7.86. The van der Waals surface area contributed by atoms with Gasteiger partial charge >= 0.3 is 11.9 Å². The third kappa shape index (κ3) is 8.15. The molecule has 0 N–H and O–H groups in total. The Morgan fingerprint density at radius 1 is 1.35 bits per heavy atom. The highest BCUT2D eigenvalue weighted by molar-refractivity contribution is 8.23. The highest BCUT2D eigenvalue weighted by atomic mass is 32.2. The molecule has 17 heavy (non-hydrogen) atoms. The topological polar surface area (TPSA) is 52.6 Å². The lowest BCUT2D eigenvalue weighted by molar-refractivity contribution is -0.151. The number of carbonyl (C=O) groups is 2. The molecule has 0 aliphatic carbocycles. The summed E-state index contributed by atoms with van der Waals surface area (Å²) in [5.74, 6) is -0.983. The predicted molar refractivity (Wildman–Crippen MR) is 71.8 cm³/mol. The summed E-state index contributed by atoms with van der Waals surface area (Å²) in [6.07, 6.45) is 0.400. The molecule has 0 amide bonds. The first kappa shape index (κ1) is 16.4. The van der Waals surface area contributed by atoms with Crippen molar-refractivity contribution in [3.8, 4) is 0 Å². The number of carbonyl (C=O) groups excluding carboxylic acids is 2. The van der Waals surface area contributed by atoms with Crippen LogP contribution in [0.1, 0.15) is 34.1 Å². The number of ether oxygens (including phenoxy) is 2. The van der Waals surface area contributed by atoms with E-state index in [-0.39, 0.29) is 17.9 Å². The van der Waals surface area contributed by atoms with Gasteiger partial charge < -0.3 is 9.47 Å². The minimum absolute atomic E-state index is 0.285. The molecule has 0 bridgehead atoms. The van der Waals surface area contributed by atoms with Crippen molar-refractivity contribution in [1.29, 1.82) is 0 Å². The molecule has 0 aromatic heterocycles. The molecule has 98 valence electrons. The van der Waals surface area contributed by atoms with Crippen LogP contribution in [0, 0.1) is 5.92 Å². The minimum atomic E-state index is -0.426. The van der Waals surface area contributed by atoms with Crippen LogP contribution in [-0.2, 0) is 19.1 Å². The van der Waals surface area contributed by atoms with E-state index < -0.39 is 5.44 Å². The van der Waals surface area contributed by atoms with Crippen LogP contribution in [0.15, 0.2) is 0 Å². The van der Waals surface area contributed by atoms with E-state index in [0.29, 0.717) is 17.2 Å². The molecule has 0 aromatic rings. The lowest BCUT2D eigenvalue weighted by Crippen LogP contribution is -2.23. The van der Waals surface area contributed by atoms with Crippen molar-refractivity contribution >= 4 is 40.1 Å². The number of thiocarbonyl (C=S) groups is 1. The first-order valence-electron chi connectivity index (χ1n) is 5.37. The van der Waals surface area contributed by atoms with Crippen molar-refractivity contribution in [3.63, 3.8) is 0 Å². The summed E-state index contributed by atoms with van der Waals surface area (Å²) in [6, 6.07) is 0. The van der Waals surface area contributed by atoms with Gasteiger partial charge in [-0.3, -0.25) is 9.59 Å². The molecule has 0 aliphatic rings. The van der Waals surface area contributed by atoms with Crippen molar-refractivity contribution < 1.29 is 19.1 Å². The lowest BCUT2D eigenvalue weighted by Gasteiger charge is -2.19. The second-order valence-corrected chi connectivity index (χ2v) is 5.78. The van der Waals surface area contributed by atoms with E-state index in [2.05, 4.69) is 0 Å². The maximum Gasteiger partial charge on any atom is 0.308 e. The van der Waals surface area contributed by atoms with E-state index >= 15 is 0 Å². The van der Waals surface area contributed by atoms with Gasteiger partial charge in [0.05, 0.1) is 12.5 Å². The molecule has 0 spiro atoms. The van der Waals surface area contributed by atoms with Crippen LogP contribution in [0.3, 0.4) is 0 Å². The summed E-state index contributed by atoms with van der Waals surface area (Å²) in [4.78, 5) is 22.4. The van der Waals surface area contributed by atoms with Crippen LogP contribution < -0.4 is 0 Å². The van der Waals surface area contributed by atoms with E-state index in [0.717, 1.165) is 0 Å². The van der Waals surface area contributed by atoms with E-state index in [1.165, 1.54) is 18.7 Å². The smallest absolute Gasteiger partial charge is 0.308 e. The van der Waals surface area contributed by atoms with Crippen LogP contribution in [0.4, 0.5) is 0 Å².